The molecule has 0 spiro atoms. The monoisotopic (exact) mass is 219 g/mol. The molecule has 2 unspecified atom stereocenters. The molecular weight excluding hydrogens is 206 g/mol. The number of rotatable bonds is 3. The lowest BCUT2D eigenvalue weighted by atomic mass is 10.1. The third-order valence-electron chi connectivity index (χ3n) is 2.54. The van der Waals surface area contributed by atoms with Crippen molar-refractivity contribution in [2.75, 3.05) is 6.54 Å². The Morgan fingerprint density at radius 2 is 2.19 bits per heavy atom. The van der Waals surface area contributed by atoms with Crippen LogP contribution in [0.25, 0.3) is 6.08 Å². The van der Waals surface area contributed by atoms with Crippen molar-refractivity contribution >= 4 is 12.0 Å². The molecule has 4 nitrogen and oxygen atoms in total. The van der Waals surface area contributed by atoms with Crippen LogP contribution in [-0.4, -0.2) is 23.7 Å². The molecule has 84 valence electrons. The zero-order chi connectivity index (χ0) is 11.5. The molecule has 2 atom stereocenters. The van der Waals surface area contributed by atoms with E-state index in [1.807, 2.05) is 24.3 Å². The molecule has 1 fully saturated rings. The summed E-state index contributed by atoms with van der Waals surface area (Å²) in [5.74, 6) is -0.933. The van der Waals surface area contributed by atoms with E-state index in [9.17, 15) is 4.79 Å². The molecule has 0 radical (unpaired) electrons. The largest absolute Gasteiger partial charge is 0.479 e. The zero-order valence-electron chi connectivity index (χ0n) is 8.72. The lowest BCUT2D eigenvalue weighted by Crippen LogP contribution is -2.23. The molecule has 1 aliphatic heterocycles. The number of carbonyl (C=O) groups is 1. The van der Waals surface area contributed by atoms with E-state index in [0.29, 0.717) is 6.54 Å². The number of aliphatic carboxylic acids is 1. The molecule has 2 N–H and O–H groups in total. The van der Waals surface area contributed by atoms with Gasteiger partial charge in [-0.3, -0.25) is 5.32 Å². The van der Waals surface area contributed by atoms with Gasteiger partial charge >= 0.3 is 5.97 Å². The van der Waals surface area contributed by atoms with Gasteiger partial charge in [0.15, 0.2) is 6.10 Å². The molecule has 1 saturated heterocycles. The average Bonchev–Trinajstić information content (AvgIpc) is 2.78. The number of carboxylic acids is 1. The van der Waals surface area contributed by atoms with Crippen LogP contribution in [0.2, 0.25) is 0 Å². The summed E-state index contributed by atoms with van der Waals surface area (Å²) < 4.78 is 5.35. The van der Waals surface area contributed by atoms with E-state index in [1.54, 1.807) is 6.08 Å². The van der Waals surface area contributed by atoms with Gasteiger partial charge in [0.2, 0.25) is 0 Å². The van der Waals surface area contributed by atoms with Crippen molar-refractivity contribution in [3.05, 3.63) is 42.0 Å². The number of hydrogen-bond acceptors (Lipinski definition) is 3. The third-order valence-corrected chi connectivity index (χ3v) is 2.54. The molecule has 1 aromatic carbocycles. The number of benzene rings is 1. The van der Waals surface area contributed by atoms with Crippen molar-refractivity contribution in [3.63, 3.8) is 0 Å². The fourth-order valence-electron chi connectivity index (χ4n) is 1.62. The van der Waals surface area contributed by atoms with Crippen molar-refractivity contribution < 1.29 is 14.6 Å². The molecule has 1 aromatic rings. The summed E-state index contributed by atoms with van der Waals surface area (Å²) in [5.41, 5.74) is 1.95. The summed E-state index contributed by atoms with van der Waals surface area (Å²) in [6, 6.07) is 7.64. The van der Waals surface area contributed by atoms with Gasteiger partial charge in [-0.1, -0.05) is 36.9 Å². The van der Waals surface area contributed by atoms with Gasteiger partial charge in [0.25, 0.3) is 0 Å². The molecule has 1 aliphatic rings. The number of carboxylic acid groups (broad SMARTS) is 1. The first-order valence-electron chi connectivity index (χ1n) is 5.05. The van der Waals surface area contributed by atoms with Crippen molar-refractivity contribution in [2.45, 2.75) is 12.3 Å². The summed E-state index contributed by atoms with van der Waals surface area (Å²) >= 11 is 0. The highest BCUT2D eigenvalue weighted by Crippen LogP contribution is 2.21. The van der Waals surface area contributed by atoms with Gasteiger partial charge < -0.3 is 9.84 Å². The van der Waals surface area contributed by atoms with Crippen molar-refractivity contribution in [2.24, 2.45) is 0 Å². The van der Waals surface area contributed by atoms with Crippen LogP contribution in [0, 0.1) is 0 Å². The topological polar surface area (TPSA) is 58.6 Å². The summed E-state index contributed by atoms with van der Waals surface area (Å²) in [6.07, 6.45) is 0.663. The van der Waals surface area contributed by atoms with Crippen LogP contribution in [0.1, 0.15) is 17.4 Å². The summed E-state index contributed by atoms with van der Waals surface area (Å²) in [7, 11) is 0. The molecule has 0 amide bonds. The van der Waals surface area contributed by atoms with Gasteiger partial charge in [-0.2, -0.15) is 0 Å². The molecule has 1 heterocycles. The van der Waals surface area contributed by atoms with Gasteiger partial charge in [0, 0.05) is 6.54 Å². The standard InChI is InChI=1S/C12H13NO3/c1-2-8-3-5-9(6-4-8)11-13-7-10(16-11)12(14)15/h2-6,10-11,13H,1,7H2,(H,14,15). The average molecular weight is 219 g/mol. The van der Waals surface area contributed by atoms with E-state index in [2.05, 4.69) is 11.9 Å². The van der Waals surface area contributed by atoms with E-state index in [1.165, 1.54) is 0 Å². The Hall–Kier alpha value is -1.65. The molecular formula is C12H13NO3. The van der Waals surface area contributed by atoms with Gasteiger partial charge in [-0.15, -0.1) is 0 Å². The minimum absolute atomic E-state index is 0.333. The fourth-order valence-corrected chi connectivity index (χ4v) is 1.62. The second-order valence-electron chi connectivity index (χ2n) is 3.62. The van der Waals surface area contributed by atoms with Crippen LogP contribution < -0.4 is 5.32 Å². The van der Waals surface area contributed by atoms with Crippen molar-refractivity contribution in [3.8, 4) is 0 Å². The Balaban J connectivity index is 2.08. The van der Waals surface area contributed by atoms with Gasteiger partial charge in [0.1, 0.15) is 6.23 Å². The minimum Gasteiger partial charge on any atom is -0.479 e. The van der Waals surface area contributed by atoms with Crippen LogP contribution in [0.4, 0.5) is 0 Å². The fraction of sp³-hybridized carbons (Fsp3) is 0.250. The van der Waals surface area contributed by atoms with Crippen LogP contribution >= 0.6 is 0 Å². The van der Waals surface area contributed by atoms with E-state index in [4.69, 9.17) is 9.84 Å². The highest BCUT2D eigenvalue weighted by atomic mass is 16.5. The molecule has 0 aromatic heterocycles. The predicted molar refractivity (Wildman–Crippen MR) is 59.8 cm³/mol. The smallest absolute Gasteiger partial charge is 0.334 e. The maximum atomic E-state index is 10.7. The first-order valence-corrected chi connectivity index (χ1v) is 5.05. The van der Waals surface area contributed by atoms with Gasteiger partial charge in [-0.05, 0) is 11.1 Å². The molecule has 0 aliphatic carbocycles. The van der Waals surface area contributed by atoms with Crippen LogP contribution in [0.3, 0.4) is 0 Å². The Bertz CT molecular complexity index is 399. The molecule has 2 rings (SSSR count). The lowest BCUT2D eigenvalue weighted by Gasteiger charge is -2.11. The predicted octanol–water partition coefficient (Wildman–Crippen LogP) is 1.40. The van der Waals surface area contributed by atoms with Gasteiger partial charge in [0.05, 0.1) is 0 Å². The molecule has 0 saturated carbocycles. The van der Waals surface area contributed by atoms with E-state index in [0.717, 1.165) is 11.1 Å². The number of ether oxygens (including phenoxy) is 1. The van der Waals surface area contributed by atoms with E-state index in [-0.39, 0.29) is 6.23 Å². The van der Waals surface area contributed by atoms with Crippen LogP contribution in [0.15, 0.2) is 30.8 Å². The zero-order valence-corrected chi connectivity index (χ0v) is 8.72. The minimum atomic E-state index is -0.933. The van der Waals surface area contributed by atoms with E-state index >= 15 is 0 Å². The molecule has 4 heteroatoms. The molecule has 0 bridgehead atoms. The second kappa shape index (κ2) is 4.47. The van der Waals surface area contributed by atoms with Crippen molar-refractivity contribution in [1.29, 1.82) is 0 Å². The Labute approximate surface area is 93.5 Å². The van der Waals surface area contributed by atoms with Crippen molar-refractivity contribution in [1.82, 2.24) is 5.32 Å². The highest BCUT2D eigenvalue weighted by molar-refractivity contribution is 5.73. The van der Waals surface area contributed by atoms with Crippen LogP contribution in [0.5, 0.6) is 0 Å². The first kappa shape index (κ1) is 10.9. The van der Waals surface area contributed by atoms with Gasteiger partial charge in [-0.25, -0.2) is 4.79 Å². The SMILES string of the molecule is C=Cc1ccc(C2NCC(C(=O)O)O2)cc1. The lowest BCUT2D eigenvalue weighted by molar-refractivity contribution is -0.148. The summed E-state index contributed by atoms with van der Waals surface area (Å²) in [4.78, 5) is 10.7. The Kier molecular flexibility index (Phi) is 3.03. The maximum Gasteiger partial charge on any atom is 0.334 e. The quantitative estimate of drug-likeness (QED) is 0.806. The number of hydrogen-bond donors (Lipinski definition) is 2. The Morgan fingerprint density at radius 1 is 1.50 bits per heavy atom. The van der Waals surface area contributed by atoms with E-state index < -0.39 is 12.1 Å². The summed E-state index contributed by atoms with van der Waals surface area (Å²) in [5, 5.41) is 11.8. The normalized spacial score (nSPS) is 24.2. The highest BCUT2D eigenvalue weighted by Gasteiger charge is 2.30. The molecule has 16 heavy (non-hydrogen) atoms. The number of nitrogens with one attached hydrogen (secondary N) is 1. The van der Waals surface area contributed by atoms with Crippen LogP contribution in [-0.2, 0) is 9.53 Å². The maximum absolute atomic E-state index is 10.7. The summed E-state index contributed by atoms with van der Waals surface area (Å²) in [6.45, 7) is 4.01. The first-order chi connectivity index (χ1) is 7.70. The Morgan fingerprint density at radius 3 is 2.69 bits per heavy atom. The second-order valence-corrected chi connectivity index (χ2v) is 3.62. The third kappa shape index (κ3) is 2.13.